The molecule has 2 aliphatic rings. The predicted molar refractivity (Wildman–Crippen MR) is 126 cm³/mol. The van der Waals surface area contributed by atoms with Crippen LogP contribution >= 0.6 is 11.8 Å². The van der Waals surface area contributed by atoms with Gasteiger partial charge in [-0.05, 0) is 55.2 Å². The summed E-state index contributed by atoms with van der Waals surface area (Å²) in [4.78, 5) is 14.7. The predicted octanol–water partition coefficient (Wildman–Crippen LogP) is 3.59. The maximum Gasteiger partial charge on any atom is 0.277 e. The summed E-state index contributed by atoms with van der Waals surface area (Å²) in [5.41, 5.74) is 2.78. The van der Waals surface area contributed by atoms with Crippen molar-refractivity contribution in [2.24, 2.45) is 0 Å². The summed E-state index contributed by atoms with van der Waals surface area (Å²) in [5, 5.41) is 8.39. The highest BCUT2D eigenvalue weighted by Gasteiger charge is 2.27. The highest BCUT2D eigenvalue weighted by Crippen LogP contribution is 2.30. The highest BCUT2D eigenvalue weighted by atomic mass is 32.2. The van der Waals surface area contributed by atoms with Crippen LogP contribution in [0, 0.1) is 0 Å². The third kappa shape index (κ3) is 4.55. The summed E-state index contributed by atoms with van der Waals surface area (Å²) >= 11 is 1.20. The lowest BCUT2D eigenvalue weighted by molar-refractivity contribution is -0.116. The Kier molecular flexibility index (Phi) is 6.22. The zero-order valence-corrected chi connectivity index (χ0v) is 19.6. The van der Waals surface area contributed by atoms with Gasteiger partial charge in [0.05, 0.1) is 10.6 Å². The zero-order valence-electron chi connectivity index (χ0n) is 18.0. The van der Waals surface area contributed by atoms with Crippen LogP contribution in [-0.2, 0) is 21.2 Å². The van der Waals surface area contributed by atoms with E-state index in [1.54, 1.807) is 33.5 Å². The first-order valence-electron chi connectivity index (χ1n) is 11.0. The van der Waals surface area contributed by atoms with Gasteiger partial charge in [-0.3, -0.25) is 4.79 Å². The molecule has 1 amide bonds. The van der Waals surface area contributed by atoms with Gasteiger partial charge in [-0.25, -0.2) is 8.42 Å². The van der Waals surface area contributed by atoms with Crippen LogP contribution in [-0.4, -0.2) is 54.2 Å². The van der Waals surface area contributed by atoms with E-state index >= 15 is 0 Å². The molecule has 172 valence electrons. The summed E-state index contributed by atoms with van der Waals surface area (Å²) in [6.45, 7) is 1.81. The van der Waals surface area contributed by atoms with E-state index in [1.165, 1.54) is 17.3 Å². The number of aromatic nitrogens is 2. The molecule has 5 rings (SSSR count). The summed E-state index contributed by atoms with van der Waals surface area (Å²) in [6, 6.07) is 14.4. The number of nitrogens with zero attached hydrogens (tertiary/aromatic N) is 4. The zero-order chi connectivity index (χ0) is 22.8. The lowest BCUT2D eigenvalue weighted by Gasteiger charge is -2.25. The van der Waals surface area contributed by atoms with E-state index in [-0.39, 0.29) is 16.6 Å². The number of hydrogen-bond acceptors (Lipinski definition) is 7. The fourth-order valence-corrected chi connectivity index (χ4v) is 6.36. The van der Waals surface area contributed by atoms with Crippen LogP contribution < -0.4 is 4.90 Å². The van der Waals surface area contributed by atoms with Gasteiger partial charge in [-0.15, -0.1) is 10.2 Å². The number of para-hydroxylation sites is 1. The van der Waals surface area contributed by atoms with Crippen LogP contribution in [0.3, 0.4) is 0 Å². The van der Waals surface area contributed by atoms with Gasteiger partial charge in [0.15, 0.2) is 0 Å². The second kappa shape index (κ2) is 9.28. The minimum atomic E-state index is -3.48. The standard InChI is InChI=1S/C23H24N4O4S2/c28-21(27-15-12-17-6-2-3-7-20(17)27)16-32-23-25-24-22(31-23)18-8-10-19(11-9-18)33(29,30)26-13-4-1-5-14-26/h2-3,6-11H,1,4-5,12-16H2. The number of anilines is 1. The maximum absolute atomic E-state index is 12.8. The SMILES string of the molecule is O=C(CSc1nnc(-c2ccc(S(=O)(=O)N3CCCCC3)cc2)o1)N1CCc2ccccc21. The molecule has 8 nitrogen and oxygen atoms in total. The molecule has 0 unspecified atom stereocenters. The Morgan fingerprint density at radius 3 is 2.52 bits per heavy atom. The van der Waals surface area contributed by atoms with E-state index in [9.17, 15) is 13.2 Å². The van der Waals surface area contributed by atoms with Crippen molar-refractivity contribution in [3.05, 3.63) is 54.1 Å². The first kappa shape index (κ1) is 22.1. The second-order valence-electron chi connectivity index (χ2n) is 8.08. The maximum atomic E-state index is 12.8. The van der Waals surface area contributed by atoms with Crippen molar-refractivity contribution in [2.45, 2.75) is 35.8 Å². The Hall–Kier alpha value is -2.69. The number of benzene rings is 2. The Morgan fingerprint density at radius 2 is 1.73 bits per heavy atom. The van der Waals surface area contributed by atoms with Crippen molar-refractivity contribution in [3.63, 3.8) is 0 Å². The number of amides is 1. The molecular formula is C23H24N4O4S2. The van der Waals surface area contributed by atoms with Crippen molar-refractivity contribution in [1.82, 2.24) is 14.5 Å². The number of fused-ring (bicyclic) bond motifs is 1. The van der Waals surface area contributed by atoms with E-state index in [4.69, 9.17) is 4.42 Å². The van der Waals surface area contributed by atoms with Gasteiger partial charge in [-0.2, -0.15) is 4.31 Å². The summed E-state index contributed by atoms with van der Waals surface area (Å²) < 4.78 is 32.9. The first-order valence-corrected chi connectivity index (χ1v) is 13.4. The van der Waals surface area contributed by atoms with Gasteiger partial charge in [0.25, 0.3) is 5.22 Å². The van der Waals surface area contributed by atoms with E-state index in [2.05, 4.69) is 10.2 Å². The molecule has 0 atom stereocenters. The Labute approximate surface area is 197 Å². The molecule has 1 fully saturated rings. The molecule has 0 aliphatic carbocycles. The molecule has 3 aromatic rings. The molecule has 1 saturated heterocycles. The second-order valence-corrected chi connectivity index (χ2v) is 10.9. The molecule has 1 aromatic heterocycles. The average Bonchev–Trinajstić information content (AvgIpc) is 3.51. The van der Waals surface area contributed by atoms with Gasteiger partial charge >= 0.3 is 0 Å². The minimum absolute atomic E-state index is 0.00280. The number of carbonyl (C=O) groups excluding carboxylic acids is 1. The van der Waals surface area contributed by atoms with Gasteiger partial charge in [0, 0.05) is 30.9 Å². The monoisotopic (exact) mass is 484 g/mol. The normalized spacial score (nSPS) is 16.7. The smallest absolute Gasteiger partial charge is 0.277 e. The van der Waals surface area contributed by atoms with E-state index in [0.717, 1.165) is 31.4 Å². The summed E-state index contributed by atoms with van der Waals surface area (Å²) in [7, 11) is -3.48. The van der Waals surface area contributed by atoms with Crippen LogP contribution in [0.4, 0.5) is 5.69 Å². The van der Waals surface area contributed by atoms with E-state index in [1.807, 2.05) is 24.3 Å². The number of carbonyl (C=O) groups is 1. The number of hydrogen-bond donors (Lipinski definition) is 0. The molecular weight excluding hydrogens is 460 g/mol. The molecule has 0 N–H and O–H groups in total. The molecule has 0 bridgehead atoms. The van der Waals surface area contributed by atoms with Crippen LogP contribution in [0.1, 0.15) is 24.8 Å². The molecule has 33 heavy (non-hydrogen) atoms. The number of piperidine rings is 1. The largest absolute Gasteiger partial charge is 0.411 e. The molecule has 0 radical (unpaired) electrons. The van der Waals surface area contributed by atoms with Gasteiger partial charge in [-0.1, -0.05) is 36.4 Å². The van der Waals surface area contributed by atoms with Gasteiger partial charge < -0.3 is 9.32 Å². The van der Waals surface area contributed by atoms with Crippen molar-refractivity contribution in [1.29, 1.82) is 0 Å². The lowest BCUT2D eigenvalue weighted by Crippen LogP contribution is -2.35. The molecule has 2 aromatic carbocycles. The first-order chi connectivity index (χ1) is 16.0. The summed E-state index contributed by atoms with van der Waals surface area (Å²) in [6.07, 6.45) is 3.72. The Bertz CT molecular complexity index is 1250. The molecule has 2 aliphatic heterocycles. The highest BCUT2D eigenvalue weighted by molar-refractivity contribution is 7.99. The van der Waals surface area contributed by atoms with Crippen LogP contribution in [0.15, 0.2) is 63.1 Å². The Morgan fingerprint density at radius 1 is 0.970 bits per heavy atom. The quantitative estimate of drug-likeness (QED) is 0.493. The molecule has 10 heteroatoms. The van der Waals surface area contributed by atoms with E-state index < -0.39 is 10.0 Å². The van der Waals surface area contributed by atoms with E-state index in [0.29, 0.717) is 36.3 Å². The molecule has 0 spiro atoms. The molecule has 3 heterocycles. The number of rotatable bonds is 6. The lowest BCUT2D eigenvalue weighted by atomic mass is 10.2. The number of thioether (sulfide) groups is 1. The molecule has 0 saturated carbocycles. The third-order valence-corrected chi connectivity index (χ3v) is 8.68. The van der Waals surface area contributed by atoms with Crippen molar-refractivity contribution in [3.8, 4) is 11.5 Å². The van der Waals surface area contributed by atoms with Crippen LogP contribution in [0.25, 0.3) is 11.5 Å². The fraction of sp³-hybridized carbons (Fsp3) is 0.348. The number of sulfonamides is 1. The Balaban J connectivity index is 1.22. The topological polar surface area (TPSA) is 96.6 Å². The van der Waals surface area contributed by atoms with Crippen LogP contribution in [0.5, 0.6) is 0 Å². The third-order valence-electron chi connectivity index (χ3n) is 5.97. The van der Waals surface area contributed by atoms with Crippen LogP contribution in [0.2, 0.25) is 0 Å². The van der Waals surface area contributed by atoms with Crippen molar-refractivity contribution in [2.75, 3.05) is 30.3 Å². The minimum Gasteiger partial charge on any atom is -0.411 e. The fourth-order valence-electron chi connectivity index (χ4n) is 4.21. The van der Waals surface area contributed by atoms with Gasteiger partial charge in [0.2, 0.25) is 21.8 Å². The summed E-state index contributed by atoms with van der Waals surface area (Å²) in [5.74, 6) is 0.485. The van der Waals surface area contributed by atoms with Crippen molar-refractivity contribution < 1.29 is 17.6 Å². The van der Waals surface area contributed by atoms with Crippen molar-refractivity contribution >= 4 is 33.4 Å². The average molecular weight is 485 g/mol. The van der Waals surface area contributed by atoms with Gasteiger partial charge in [0.1, 0.15) is 0 Å².